The van der Waals surface area contributed by atoms with Crippen molar-refractivity contribution in [3.05, 3.63) is 101 Å². The van der Waals surface area contributed by atoms with Gasteiger partial charge in [0.2, 0.25) is 0 Å². The van der Waals surface area contributed by atoms with Crippen LogP contribution in [-0.4, -0.2) is 62.8 Å². The minimum atomic E-state index is 0.120. The minimum absolute atomic E-state index is 0.120. The highest BCUT2D eigenvalue weighted by Crippen LogP contribution is 2.36. The maximum absolute atomic E-state index is 13.6. The predicted octanol–water partition coefficient (Wildman–Crippen LogP) is 5.60. The van der Waals surface area contributed by atoms with E-state index in [2.05, 4.69) is 85.2 Å². The van der Waals surface area contributed by atoms with Crippen molar-refractivity contribution in [2.24, 2.45) is 0 Å². The lowest BCUT2D eigenvalue weighted by molar-refractivity contribution is 0.0788. The zero-order valence-electron chi connectivity index (χ0n) is 23.5. The summed E-state index contributed by atoms with van der Waals surface area (Å²) < 4.78 is 5.32. The van der Waals surface area contributed by atoms with E-state index in [-0.39, 0.29) is 5.91 Å². The molecular formula is C34H41N3O2. The second kappa shape index (κ2) is 12.7. The number of hydrogen-bond donors (Lipinski definition) is 2. The first-order valence-electron chi connectivity index (χ1n) is 14.3. The van der Waals surface area contributed by atoms with Crippen LogP contribution < -0.4 is 10.6 Å². The third kappa shape index (κ3) is 6.50. The van der Waals surface area contributed by atoms with E-state index in [1.165, 1.54) is 33.4 Å². The number of aryl methyl sites for hydroxylation is 2. The zero-order chi connectivity index (χ0) is 27.2. The number of carbonyl (C=O) groups is 1. The number of benzene rings is 3. The van der Waals surface area contributed by atoms with Crippen LogP contribution in [0.3, 0.4) is 0 Å². The summed E-state index contributed by atoms with van der Waals surface area (Å²) in [7, 11) is 1.75. The summed E-state index contributed by atoms with van der Waals surface area (Å²) in [5.74, 6) is 0.120. The van der Waals surface area contributed by atoms with Gasteiger partial charge in [-0.25, -0.2) is 0 Å². The van der Waals surface area contributed by atoms with Gasteiger partial charge in [0.1, 0.15) is 0 Å². The van der Waals surface area contributed by atoms with Crippen LogP contribution in [0.2, 0.25) is 0 Å². The van der Waals surface area contributed by atoms with Gasteiger partial charge in [0.05, 0.1) is 0 Å². The fourth-order valence-electron chi connectivity index (χ4n) is 5.76. The van der Waals surface area contributed by atoms with Crippen LogP contribution in [0.4, 0.5) is 0 Å². The number of hydrogen-bond acceptors (Lipinski definition) is 4. The molecule has 5 rings (SSSR count). The number of likely N-dealkylation sites (tertiary alicyclic amines) is 1. The summed E-state index contributed by atoms with van der Waals surface area (Å²) >= 11 is 0. The molecule has 2 saturated heterocycles. The Hall–Kier alpha value is -3.25. The molecule has 0 aromatic heterocycles. The first-order valence-corrected chi connectivity index (χ1v) is 14.3. The molecule has 3 aromatic rings. The van der Waals surface area contributed by atoms with E-state index in [1.807, 2.05) is 17.0 Å². The lowest BCUT2D eigenvalue weighted by Gasteiger charge is -2.31. The molecule has 0 bridgehead atoms. The van der Waals surface area contributed by atoms with Crippen LogP contribution in [0.1, 0.15) is 51.9 Å². The predicted molar refractivity (Wildman–Crippen MR) is 160 cm³/mol. The van der Waals surface area contributed by atoms with Crippen molar-refractivity contribution in [3.8, 4) is 11.1 Å². The topological polar surface area (TPSA) is 53.6 Å². The van der Waals surface area contributed by atoms with Crippen LogP contribution >= 0.6 is 0 Å². The van der Waals surface area contributed by atoms with Crippen molar-refractivity contribution in [2.75, 3.05) is 39.9 Å². The molecule has 2 heterocycles. The molecule has 1 amide bonds. The van der Waals surface area contributed by atoms with E-state index < -0.39 is 0 Å². The molecular weight excluding hydrogens is 482 g/mol. The Morgan fingerprint density at radius 1 is 1.03 bits per heavy atom. The molecule has 5 nitrogen and oxygen atoms in total. The van der Waals surface area contributed by atoms with E-state index >= 15 is 0 Å². The fraction of sp³-hybridized carbons (Fsp3) is 0.382. The average molecular weight is 524 g/mol. The van der Waals surface area contributed by atoms with Crippen LogP contribution in [0.5, 0.6) is 0 Å². The second-order valence-corrected chi connectivity index (χ2v) is 11.0. The largest absolute Gasteiger partial charge is 0.385 e. The van der Waals surface area contributed by atoms with Crippen molar-refractivity contribution in [2.45, 2.75) is 45.2 Å². The Balaban J connectivity index is 1.46. The average Bonchev–Trinajstić information content (AvgIpc) is 3.39. The van der Waals surface area contributed by atoms with Gasteiger partial charge in [0, 0.05) is 57.5 Å². The summed E-state index contributed by atoms with van der Waals surface area (Å²) in [5, 5.41) is 7.00. The molecule has 2 fully saturated rings. The normalized spacial score (nSPS) is 17.9. The maximum Gasteiger partial charge on any atom is 0.253 e. The number of methoxy groups -OCH3 is 1. The molecule has 1 atom stereocenters. The molecule has 2 N–H and O–H groups in total. The number of rotatable bonds is 10. The van der Waals surface area contributed by atoms with E-state index in [0.29, 0.717) is 12.1 Å². The lowest BCUT2D eigenvalue weighted by Crippen LogP contribution is -2.58. The number of nitrogens with one attached hydrogen (secondary N) is 2. The number of ether oxygens (including phenoxy) is 1. The van der Waals surface area contributed by atoms with Gasteiger partial charge in [-0.1, -0.05) is 66.2 Å². The molecule has 0 saturated carbocycles. The highest BCUT2D eigenvalue weighted by atomic mass is 16.5. The molecule has 2 aliphatic rings. The first-order chi connectivity index (χ1) is 19.0. The van der Waals surface area contributed by atoms with Crippen molar-refractivity contribution in [1.29, 1.82) is 0 Å². The summed E-state index contributed by atoms with van der Waals surface area (Å²) in [6.45, 7) is 8.66. The third-order valence-corrected chi connectivity index (χ3v) is 7.92. The number of nitrogens with zero attached hydrogens (tertiary/aromatic N) is 1. The molecule has 0 spiro atoms. The minimum Gasteiger partial charge on any atom is -0.385 e. The van der Waals surface area contributed by atoms with Crippen LogP contribution in [0.25, 0.3) is 16.7 Å². The molecule has 0 aliphatic carbocycles. The maximum atomic E-state index is 13.6. The molecule has 204 valence electrons. The summed E-state index contributed by atoms with van der Waals surface area (Å²) in [5.41, 5.74) is 9.14. The van der Waals surface area contributed by atoms with E-state index in [9.17, 15) is 4.79 Å². The molecule has 3 aromatic carbocycles. The molecule has 2 aliphatic heterocycles. The van der Waals surface area contributed by atoms with E-state index in [4.69, 9.17) is 4.74 Å². The first kappa shape index (κ1) is 27.3. The van der Waals surface area contributed by atoms with Gasteiger partial charge in [-0.2, -0.15) is 0 Å². The summed E-state index contributed by atoms with van der Waals surface area (Å²) in [6, 6.07) is 24.4. The highest BCUT2D eigenvalue weighted by molar-refractivity contribution is 5.97. The number of allylic oxidation sites excluding steroid dienone is 1. The monoisotopic (exact) mass is 523 g/mol. The van der Waals surface area contributed by atoms with Gasteiger partial charge in [-0.3, -0.25) is 4.79 Å². The Morgan fingerprint density at radius 2 is 1.82 bits per heavy atom. The fourth-order valence-corrected chi connectivity index (χ4v) is 5.76. The Bertz CT molecular complexity index is 1330. The van der Waals surface area contributed by atoms with Gasteiger partial charge in [0.25, 0.3) is 5.91 Å². The van der Waals surface area contributed by atoms with Crippen molar-refractivity contribution in [1.82, 2.24) is 15.5 Å². The van der Waals surface area contributed by atoms with Gasteiger partial charge in [-0.05, 0) is 78.6 Å². The molecule has 0 radical (unpaired) electrons. The SMILES string of the molecule is COCCC/C=C(/c1cccc(C(=O)N2CC[C@H](NC3CNC3)C2)c1)c1cccc(C)c1-c1cccc(C)c1. The summed E-state index contributed by atoms with van der Waals surface area (Å²) in [4.78, 5) is 15.6. The van der Waals surface area contributed by atoms with Crippen LogP contribution in [0.15, 0.2) is 72.8 Å². The number of carbonyl (C=O) groups excluding carboxylic acids is 1. The van der Waals surface area contributed by atoms with Gasteiger partial charge < -0.3 is 20.3 Å². The smallest absolute Gasteiger partial charge is 0.253 e. The molecule has 5 heteroatoms. The second-order valence-electron chi connectivity index (χ2n) is 11.0. The molecule has 0 unspecified atom stereocenters. The van der Waals surface area contributed by atoms with E-state index in [0.717, 1.165) is 63.2 Å². The molecule has 39 heavy (non-hydrogen) atoms. The Morgan fingerprint density at radius 3 is 2.59 bits per heavy atom. The quantitative estimate of drug-likeness (QED) is 0.340. The van der Waals surface area contributed by atoms with Crippen molar-refractivity contribution >= 4 is 11.5 Å². The summed E-state index contributed by atoms with van der Waals surface area (Å²) in [6.07, 6.45) is 5.18. The van der Waals surface area contributed by atoms with Crippen LogP contribution in [-0.2, 0) is 4.74 Å². The van der Waals surface area contributed by atoms with E-state index in [1.54, 1.807) is 7.11 Å². The van der Waals surface area contributed by atoms with Crippen LogP contribution in [0, 0.1) is 13.8 Å². The van der Waals surface area contributed by atoms with Crippen molar-refractivity contribution in [3.63, 3.8) is 0 Å². The number of unbranched alkanes of at least 4 members (excludes halogenated alkanes) is 1. The standard InChI is InChI=1S/C34H41N3O2/c1-24-9-6-12-27(19-24)33-25(2)10-7-15-32(33)31(14-4-5-18-39-3)26-11-8-13-28(20-26)34(38)37-17-16-29(23-37)36-30-21-35-22-30/h6-15,19-20,29-30,35-36H,4-5,16-18,21-23H2,1-3H3/b31-14-/t29-/m0/s1. The lowest BCUT2D eigenvalue weighted by atomic mass is 9.86. The van der Waals surface area contributed by atoms with Gasteiger partial charge in [0.15, 0.2) is 0 Å². The van der Waals surface area contributed by atoms with Gasteiger partial charge in [-0.15, -0.1) is 0 Å². The third-order valence-electron chi connectivity index (χ3n) is 7.92. The van der Waals surface area contributed by atoms with Crippen molar-refractivity contribution < 1.29 is 9.53 Å². The highest BCUT2D eigenvalue weighted by Gasteiger charge is 2.30. The number of amides is 1. The van der Waals surface area contributed by atoms with Gasteiger partial charge >= 0.3 is 0 Å². The Labute approximate surface area is 233 Å². The Kier molecular flexibility index (Phi) is 8.92. The zero-order valence-corrected chi connectivity index (χ0v) is 23.5.